The third kappa shape index (κ3) is 17.4. The highest BCUT2D eigenvalue weighted by Gasteiger charge is 2.43. The van der Waals surface area contributed by atoms with Crippen LogP contribution in [0.15, 0.2) is 30.4 Å². The van der Waals surface area contributed by atoms with Crippen LogP contribution in [0.4, 0.5) is 5.69 Å². The first-order valence-electron chi connectivity index (χ1n) is 24.7. The van der Waals surface area contributed by atoms with Gasteiger partial charge in [-0.15, -0.1) is 0 Å². The largest absolute Gasteiger partial charge is 0.462 e. The van der Waals surface area contributed by atoms with Crippen molar-refractivity contribution in [3.8, 4) is 5.75 Å². The highest BCUT2D eigenvalue weighted by atomic mass is 16.6. The number of unbranched alkanes of at least 4 members (excludes halogenated alkanes) is 4. The van der Waals surface area contributed by atoms with Crippen LogP contribution in [0.2, 0.25) is 0 Å². The van der Waals surface area contributed by atoms with Crippen LogP contribution < -0.4 is 15.4 Å². The predicted molar refractivity (Wildman–Crippen MR) is 260 cm³/mol. The minimum atomic E-state index is -1.42. The molecule has 0 radical (unpaired) electrons. The lowest BCUT2D eigenvalue weighted by atomic mass is 9.85. The molecule has 17 nitrogen and oxygen atoms in total. The average Bonchev–Trinajstić information content (AvgIpc) is 3.88. The summed E-state index contributed by atoms with van der Waals surface area (Å²) in [5.41, 5.74) is 3.67. The van der Waals surface area contributed by atoms with Crippen molar-refractivity contribution in [2.45, 2.75) is 163 Å². The van der Waals surface area contributed by atoms with Crippen LogP contribution in [0.3, 0.4) is 0 Å². The van der Waals surface area contributed by atoms with Crippen molar-refractivity contribution in [3.63, 3.8) is 0 Å². The number of nitrogens with one attached hydrogen (secondary N) is 3. The molecule has 6 atom stereocenters. The average molecular weight is 963 g/mol. The Balaban J connectivity index is 1.19. The van der Waals surface area contributed by atoms with Gasteiger partial charge in [0.2, 0.25) is 0 Å². The van der Waals surface area contributed by atoms with Gasteiger partial charge in [0.1, 0.15) is 11.9 Å². The normalized spacial score (nSPS) is 19.0. The van der Waals surface area contributed by atoms with Crippen LogP contribution in [0, 0.1) is 25.7 Å². The van der Waals surface area contributed by atoms with Crippen LogP contribution in [-0.2, 0) is 43.0 Å². The Morgan fingerprint density at radius 2 is 1.67 bits per heavy atom. The number of nitrogens with zero attached hydrogens (tertiary/aromatic N) is 1. The maximum atomic E-state index is 13.1. The number of hydrogen-bond acceptors (Lipinski definition) is 14. The summed E-state index contributed by atoms with van der Waals surface area (Å²) in [5, 5.41) is 27.1. The molecule has 380 valence electrons. The van der Waals surface area contributed by atoms with E-state index in [-0.39, 0.29) is 42.2 Å². The molecule has 0 spiro atoms. The molecule has 0 saturated heterocycles. The number of carbonyl (C=O) groups is 7. The molecule has 1 aromatic carbocycles. The summed E-state index contributed by atoms with van der Waals surface area (Å²) in [6.45, 7) is 15.4. The van der Waals surface area contributed by atoms with Gasteiger partial charge in [-0.05, 0) is 108 Å². The number of hydrogen-bond donors (Lipinski definition) is 5. The molecule has 1 aliphatic heterocycles. The molecule has 2 amide bonds. The summed E-state index contributed by atoms with van der Waals surface area (Å²) in [4.78, 5) is 93.7. The van der Waals surface area contributed by atoms with Gasteiger partial charge in [0.05, 0.1) is 36.2 Å². The van der Waals surface area contributed by atoms with E-state index in [2.05, 4.69) is 41.3 Å². The van der Waals surface area contributed by atoms with Crippen LogP contribution in [0.5, 0.6) is 5.75 Å². The van der Waals surface area contributed by atoms with E-state index in [1.54, 1.807) is 26.0 Å². The summed E-state index contributed by atoms with van der Waals surface area (Å²) in [6.07, 6.45) is 9.59. The Kier molecular flexibility index (Phi) is 22.8. The standard InChI is InChI=1S/C52H74N4O13/c1-8-11-12-15-18-36(58)21-23-38-39(45(31-44(38)59)67-35(7)57)19-16-13-14-17-20-46(60)69-52(65)34(6)66-47(61)25-26-48(62)68-37-22-24-42-40(29-37)41(50(63)55-42)30-43-32(4)49(33(5)54-43)51(64)53-27-28-56(9-2)10-3/h13,16,22,24,29-30,34,36,38-39,44-45,54,58-59H,8-12,14-15,17-21,23,25-28,31H2,1-7H3,(H,53,64)(H,55,63)/b16-13-,41-30-/t34?,36-,38+,39+,44+,45-/m1/s1. The summed E-state index contributed by atoms with van der Waals surface area (Å²) in [7, 11) is 0. The van der Waals surface area contributed by atoms with E-state index in [1.165, 1.54) is 26.0 Å². The number of aromatic amines is 1. The molecule has 5 N–H and O–H groups in total. The van der Waals surface area contributed by atoms with Crippen molar-refractivity contribution in [1.29, 1.82) is 0 Å². The van der Waals surface area contributed by atoms with Crippen LogP contribution in [-0.4, -0.2) is 112 Å². The highest BCUT2D eigenvalue weighted by molar-refractivity contribution is 6.35. The molecular formula is C52H74N4O13. The van der Waals surface area contributed by atoms with Gasteiger partial charge in [0, 0.05) is 61.4 Å². The highest BCUT2D eigenvalue weighted by Crippen LogP contribution is 2.41. The number of amides is 2. The lowest BCUT2D eigenvalue weighted by Crippen LogP contribution is -2.35. The number of aromatic nitrogens is 1. The Morgan fingerprint density at radius 3 is 2.38 bits per heavy atom. The number of aryl methyl sites for hydroxylation is 1. The van der Waals surface area contributed by atoms with Gasteiger partial charge in [-0.1, -0.05) is 58.6 Å². The van der Waals surface area contributed by atoms with Crippen molar-refractivity contribution in [2.75, 3.05) is 31.5 Å². The fraction of sp³-hybridized carbons (Fsp3) is 0.596. The molecule has 1 fully saturated rings. The number of allylic oxidation sites excluding steroid dienone is 2. The van der Waals surface area contributed by atoms with E-state index in [0.29, 0.717) is 84.4 Å². The Morgan fingerprint density at radius 1 is 0.928 bits per heavy atom. The van der Waals surface area contributed by atoms with Crippen molar-refractivity contribution < 1.29 is 62.7 Å². The first-order valence-corrected chi connectivity index (χ1v) is 24.7. The lowest BCUT2D eigenvalue weighted by Gasteiger charge is -2.25. The number of aliphatic hydroxyl groups is 2. The molecule has 69 heavy (non-hydrogen) atoms. The topological polar surface area (TPSA) is 240 Å². The molecule has 1 aromatic heterocycles. The third-order valence-corrected chi connectivity index (χ3v) is 12.9. The van der Waals surface area contributed by atoms with Gasteiger partial charge in [-0.25, -0.2) is 4.79 Å². The molecule has 2 aromatic rings. The summed E-state index contributed by atoms with van der Waals surface area (Å²) in [5.74, 6) is -4.64. The fourth-order valence-electron chi connectivity index (χ4n) is 8.97. The molecule has 17 heteroatoms. The zero-order chi connectivity index (χ0) is 50.6. The van der Waals surface area contributed by atoms with Crippen molar-refractivity contribution in [2.24, 2.45) is 11.8 Å². The Hall–Kier alpha value is -5.65. The lowest BCUT2D eigenvalue weighted by molar-refractivity contribution is -0.173. The van der Waals surface area contributed by atoms with Gasteiger partial charge in [-0.2, -0.15) is 0 Å². The smallest absolute Gasteiger partial charge is 0.354 e. The first kappa shape index (κ1) is 55.9. The number of anilines is 1. The maximum Gasteiger partial charge on any atom is 0.354 e. The number of rotatable bonds is 28. The van der Waals surface area contributed by atoms with Gasteiger partial charge in [-0.3, -0.25) is 28.8 Å². The molecular weight excluding hydrogens is 889 g/mol. The molecule has 0 bridgehead atoms. The van der Waals surface area contributed by atoms with E-state index in [4.69, 9.17) is 18.9 Å². The molecule has 2 aliphatic rings. The van der Waals surface area contributed by atoms with Crippen LogP contribution in [0.25, 0.3) is 11.6 Å². The quantitative estimate of drug-likeness (QED) is 0.0109. The number of likely N-dealkylation sites (N-methyl/N-ethyl adjacent to an activating group) is 1. The second-order valence-electron chi connectivity index (χ2n) is 18.0. The number of benzene rings is 1. The number of fused-ring (bicyclic) bond motifs is 1. The summed E-state index contributed by atoms with van der Waals surface area (Å²) >= 11 is 0. The maximum absolute atomic E-state index is 13.1. The zero-order valence-corrected chi connectivity index (χ0v) is 41.5. The second kappa shape index (κ2) is 28.1. The van der Waals surface area contributed by atoms with Crippen LogP contribution in [0.1, 0.15) is 157 Å². The molecule has 1 saturated carbocycles. The Bertz CT molecular complexity index is 2160. The van der Waals surface area contributed by atoms with Crippen molar-refractivity contribution in [1.82, 2.24) is 15.2 Å². The number of esters is 5. The minimum absolute atomic E-state index is 0.0771. The molecule has 2 heterocycles. The number of H-pyrrole nitrogens is 1. The SMILES string of the molecule is CCCCCC[C@@H](O)CC[C@H]1[C@H](C/C=C\CCCC(=O)OC(=O)C(C)OC(=O)CCC(=O)Oc2ccc3c(c2)/C(=C/c2[nH]c(C)c(C(=O)NCCN(CC)CC)c2C)C(=O)N3)[C@H](OC(C)=O)C[C@@H]1O. The van der Waals surface area contributed by atoms with Crippen molar-refractivity contribution in [3.05, 3.63) is 58.4 Å². The number of carbonyl (C=O) groups excluding carboxylic acids is 7. The minimum Gasteiger partial charge on any atom is -0.462 e. The van der Waals surface area contributed by atoms with Gasteiger partial charge >= 0.3 is 29.8 Å². The van der Waals surface area contributed by atoms with Crippen LogP contribution >= 0.6 is 0 Å². The summed E-state index contributed by atoms with van der Waals surface area (Å²) in [6, 6.07) is 4.61. The number of ether oxygens (including phenoxy) is 4. The van der Waals surface area contributed by atoms with Gasteiger partial charge in [0.15, 0.2) is 6.10 Å². The van der Waals surface area contributed by atoms with E-state index in [9.17, 15) is 43.8 Å². The van der Waals surface area contributed by atoms with E-state index < -0.39 is 60.7 Å². The van der Waals surface area contributed by atoms with Gasteiger partial charge in [0.25, 0.3) is 11.8 Å². The van der Waals surface area contributed by atoms with Gasteiger partial charge < -0.3 is 49.7 Å². The predicted octanol–water partition coefficient (Wildman–Crippen LogP) is 7.04. The molecule has 1 aliphatic carbocycles. The number of aliphatic hydroxyl groups excluding tert-OH is 2. The van der Waals surface area contributed by atoms with E-state index in [0.717, 1.165) is 51.7 Å². The second-order valence-corrected chi connectivity index (χ2v) is 18.0. The monoisotopic (exact) mass is 963 g/mol. The summed E-state index contributed by atoms with van der Waals surface area (Å²) < 4.78 is 21.0. The molecule has 4 rings (SSSR count). The molecule has 1 unspecified atom stereocenters. The van der Waals surface area contributed by atoms with Crippen molar-refractivity contribution >= 4 is 59.0 Å². The third-order valence-electron chi connectivity index (χ3n) is 12.9. The van der Waals surface area contributed by atoms with E-state index >= 15 is 0 Å². The zero-order valence-electron chi connectivity index (χ0n) is 41.5. The Labute approximate surface area is 406 Å². The van der Waals surface area contributed by atoms with E-state index in [1.807, 2.05) is 12.2 Å². The fourth-order valence-corrected chi connectivity index (χ4v) is 8.97. The first-order chi connectivity index (χ1) is 32.9.